The zero-order chi connectivity index (χ0) is 22.5. The Labute approximate surface area is 189 Å². The Morgan fingerprint density at radius 2 is 1.72 bits per heavy atom. The maximum absolute atomic E-state index is 13.3. The van der Waals surface area contributed by atoms with Crippen molar-refractivity contribution in [2.24, 2.45) is 0 Å². The number of benzene rings is 3. The van der Waals surface area contributed by atoms with Crippen molar-refractivity contribution in [3.8, 4) is 0 Å². The maximum atomic E-state index is 13.3. The van der Waals surface area contributed by atoms with Gasteiger partial charge in [0.1, 0.15) is 5.82 Å². The normalized spacial score (nSPS) is 11.9. The van der Waals surface area contributed by atoms with Crippen molar-refractivity contribution in [2.45, 2.75) is 24.7 Å². The molecule has 1 atom stereocenters. The molecule has 0 bridgehead atoms. The number of hydrogen-bond acceptors (Lipinski definition) is 4. The first kappa shape index (κ1) is 21.8. The van der Waals surface area contributed by atoms with E-state index < -0.39 is 0 Å². The highest BCUT2D eigenvalue weighted by molar-refractivity contribution is 7.99. The summed E-state index contributed by atoms with van der Waals surface area (Å²) < 4.78 is 14.8. The monoisotopic (exact) mass is 447 g/mol. The van der Waals surface area contributed by atoms with E-state index in [-0.39, 0.29) is 35.6 Å². The van der Waals surface area contributed by atoms with Gasteiger partial charge in [0.05, 0.1) is 29.2 Å². The fourth-order valence-corrected chi connectivity index (χ4v) is 4.22. The number of nitrogens with zero attached hydrogens (tertiary/aromatic N) is 2. The van der Waals surface area contributed by atoms with Crippen LogP contribution < -0.4 is 10.9 Å². The van der Waals surface area contributed by atoms with Crippen molar-refractivity contribution >= 4 is 28.6 Å². The van der Waals surface area contributed by atoms with Gasteiger partial charge in [0.2, 0.25) is 5.91 Å². The number of fused-ring (bicyclic) bond motifs is 1. The van der Waals surface area contributed by atoms with Crippen molar-refractivity contribution in [3.63, 3.8) is 0 Å². The Kier molecular flexibility index (Phi) is 6.66. The summed E-state index contributed by atoms with van der Waals surface area (Å²) in [6.45, 7) is 2.16. The van der Waals surface area contributed by atoms with E-state index in [1.54, 1.807) is 30.3 Å². The third kappa shape index (κ3) is 5.06. The standard InChI is InChI=1S/C25H22FN3O2S/c1-17(19-7-3-2-4-8-19)27-23(30)16-32-25-28-22-10-6-5-9-21(22)24(31)29(25)15-18-11-13-20(26)14-12-18/h2-14,17H,15-16H2,1H3,(H,27,30)/t17-/m0/s1. The summed E-state index contributed by atoms with van der Waals surface area (Å²) >= 11 is 1.21. The van der Waals surface area contributed by atoms with E-state index in [9.17, 15) is 14.0 Å². The van der Waals surface area contributed by atoms with E-state index in [0.717, 1.165) is 11.1 Å². The molecular weight excluding hydrogens is 425 g/mol. The molecule has 32 heavy (non-hydrogen) atoms. The fraction of sp³-hybridized carbons (Fsp3) is 0.160. The number of halogens is 1. The van der Waals surface area contributed by atoms with Crippen molar-refractivity contribution in [3.05, 3.63) is 106 Å². The Morgan fingerprint density at radius 1 is 1.03 bits per heavy atom. The molecule has 1 N–H and O–H groups in total. The first-order chi connectivity index (χ1) is 15.5. The summed E-state index contributed by atoms with van der Waals surface area (Å²) in [7, 11) is 0. The van der Waals surface area contributed by atoms with Gasteiger partial charge in [0.15, 0.2) is 5.16 Å². The van der Waals surface area contributed by atoms with E-state index in [4.69, 9.17) is 0 Å². The van der Waals surface area contributed by atoms with Crippen LogP contribution in [-0.4, -0.2) is 21.2 Å². The lowest BCUT2D eigenvalue weighted by Crippen LogP contribution is -2.29. The molecule has 0 fully saturated rings. The molecule has 1 amide bonds. The molecule has 0 aliphatic carbocycles. The predicted octanol–water partition coefficient (Wildman–Crippen LogP) is 4.55. The quantitative estimate of drug-likeness (QED) is 0.333. The van der Waals surface area contributed by atoms with Gasteiger partial charge >= 0.3 is 0 Å². The summed E-state index contributed by atoms with van der Waals surface area (Å²) in [5, 5.41) is 3.92. The SMILES string of the molecule is C[C@H](NC(=O)CSc1nc2ccccc2c(=O)n1Cc1ccc(F)cc1)c1ccccc1. The Hall–Kier alpha value is -3.45. The highest BCUT2D eigenvalue weighted by atomic mass is 32.2. The zero-order valence-electron chi connectivity index (χ0n) is 17.5. The van der Waals surface area contributed by atoms with Gasteiger partial charge < -0.3 is 5.32 Å². The molecule has 1 heterocycles. The van der Waals surface area contributed by atoms with Crippen LogP contribution in [0.4, 0.5) is 4.39 Å². The van der Waals surface area contributed by atoms with Crippen LogP contribution in [0.15, 0.2) is 88.8 Å². The van der Waals surface area contributed by atoms with Crippen molar-refractivity contribution in [1.82, 2.24) is 14.9 Å². The second kappa shape index (κ2) is 9.78. The third-order valence-corrected chi connectivity index (χ3v) is 6.07. The number of para-hydroxylation sites is 1. The molecule has 0 saturated heterocycles. The minimum atomic E-state index is -0.337. The Morgan fingerprint density at radius 3 is 2.47 bits per heavy atom. The van der Waals surface area contributed by atoms with Crippen molar-refractivity contribution in [2.75, 3.05) is 5.75 Å². The number of thioether (sulfide) groups is 1. The molecular formula is C25H22FN3O2S. The molecule has 0 radical (unpaired) electrons. The Balaban J connectivity index is 1.57. The molecule has 0 unspecified atom stereocenters. The van der Waals surface area contributed by atoms with E-state index in [0.29, 0.717) is 16.1 Å². The Bertz CT molecular complexity index is 1290. The van der Waals surface area contributed by atoms with Crippen LogP contribution in [0.5, 0.6) is 0 Å². The highest BCUT2D eigenvalue weighted by Gasteiger charge is 2.15. The molecule has 0 aliphatic rings. The van der Waals surface area contributed by atoms with E-state index in [2.05, 4.69) is 10.3 Å². The predicted molar refractivity (Wildman–Crippen MR) is 125 cm³/mol. The number of hydrogen-bond donors (Lipinski definition) is 1. The summed E-state index contributed by atoms with van der Waals surface area (Å²) in [6, 6.07) is 22.7. The lowest BCUT2D eigenvalue weighted by Gasteiger charge is -2.15. The van der Waals surface area contributed by atoms with E-state index in [1.807, 2.05) is 43.3 Å². The van der Waals surface area contributed by atoms with Gasteiger partial charge in [-0.3, -0.25) is 14.2 Å². The number of aromatic nitrogens is 2. The molecule has 3 aromatic carbocycles. The molecule has 0 aliphatic heterocycles. The van der Waals surface area contributed by atoms with E-state index in [1.165, 1.54) is 28.5 Å². The second-order valence-corrected chi connectivity index (χ2v) is 8.36. The zero-order valence-corrected chi connectivity index (χ0v) is 18.3. The molecule has 0 spiro atoms. The molecule has 4 aromatic rings. The van der Waals surface area contributed by atoms with Crippen molar-refractivity contribution < 1.29 is 9.18 Å². The lowest BCUT2D eigenvalue weighted by molar-refractivity contribution is -0.119. The average molecular weight is 448 g/mol. The van der Waals surface area contributed by atoms with Crippen LogP contribution in [0.3, 0.4) is 0 Å². The molecule has 4 rings (SSSR count). The van der Waals surface area contributed by atoms with Crippen LogP contribution >= 0.6 is 11.8 Å². The molecule has 0 saturated carbocycles. The third-order valence-electron chi connectivity index (χ3n) is 5.09. The number of carbonyl (C=O) groups is 1. The molecule has 1 aromatic heterocycles. The van der Waals surface area contributed by atoms with Crippen LogP contribution in [0, 0.1) is 5.82 Å². The number of amides is 1. The van der Waals surface area contributed by atoms with E-state index >= 15 is 0 Å². The van der Waals surface area contributed by atoms with Crippen molar-refractivity contribution in [1.29, 1.82) is 0 Å². The lowest BCUT2D eigenvalue weighted by atomic mass is 10.1. The van der Waals surface area contributed by atoms with Gasteiger partial charge in [-0.15, -0.1) is 0 Å². The van der Waals surface area contributed by atoms with Gasteiger partial charge in [-0.2, -0.15) is 0 Å². The summed E-state index contributed by atoms with van der Waals surface area (Å²) in [5.74, 6) is -0.371. The van der Waals surface area contributed by atoms with Gasteiger partial charge in [0, 0.05) is 0 Å². The molecule has 7 heteroatoms. The minimum Gasteiger partial charge on any atom is -0.349 e. The summed E-state index contributed by atoms with van der Waals surface area (Å²) in [6.07, 6.45) is 0. The first-order valence-corrected chi connectivity index (χ1v) is 11.2. The van der Waals surface area contributed by atoms with Crippen LogP contribution in [-0.2, 0) is 11.3 Å². The van der Waals surface area contributed by atoms with Gasteiger partial charge in [0.25, 0.3) is 5.56 Å². The molecule has 162 valence electrons. The fourth-order valence-electron chi connectivity index (χ4n) is 3.41. The minimum absolute atomic E-state index is 0.116. The van der Waals surface area contributed by atoms with Crippen LogP contribution in [0.2, 0.25) is 0 Å². The van der Waals surface area contributed by atoms with Crippen LogP contribution in [0.25, 0.3) is 10.9 Å². The van der Waals surface area contributed by atoms with Gasteiger partial charge in [-0.05, 0) is 42.3 Å². The molecule has 5 nitrogen and oxygen atoms in total. The van der Waals surface area contributed by atoms with Gasteiger partial charge in [-0.1, -0.05) is 66.4 Å². The average Bonchev–Trinajstić information content (AvgIpc) is 2.81. The largest absolute Gasteiger partial charge is 0.349 e. The van der Waals surface area contributed by atoms with Crippen LogP contribution in [0.1, 0.15) is 24.1 Å². The smallest absolute Gasteiger partial charge is 0.262 e. The number of rotatable bonds is 7. The van der Waals surface area contributed by atoms with Gasteiger partial charge in [-0.25, -0.2) is 9.37 Å². The highest BCUT2D eigenvalue weighted by Crippen LogP contribution is 2.20. The number of nitrogens with one attached hydrogen (secondary N) is 1. The second-order valence-electron chi connectivity index (χ2n) is 7.42. The maximum Gasteiger partial charge on any atom is 0.262 e. The summed E-state index contributed by atoms with van der Waals surface area (Å²) in [5.41, 5.74) is 2.17. The first-order valence-electron chi connectivity index (χ1n) is 10.2. The summed E-state index contributed by atoms with van der Waals surface area (Å²) in [4.78, 5) is 30.4. The topological polar surface area (TPSA) is 64.0 Å². The number of carbonyl (C=O) groups excluding carboxylic acids is 1.